The molecule has 0 spiro atoms. The van der Waals surface area contributed by atoms with E-state index in [-0.39, 0.29) is 11.9 Å². The number of hydrogen-bond acceptors (Lipinski definition) is 2. The molecule has 1 N–H and O–H groups in total. The second kappa shape index (κ2) is 3.59. The van der Waals surface area contributed by atoms with Crippen LogP contribution in [0.3, 0.4) is 0 Å². The van der Waals surface area contributed by atoms with Gasteiger partial charge in [0.1, 0.15) is 5.82 Å². The van der Waals surface area contributed by atoms with E-state index in [4.69, 9.17) is 0 Å². The number of fused-ring (bicyclic) bond motifs is 1. The van der Waals surface area contributed by atoms with Crippen LogP contribution in [0.25, 0.3) is 0 Å². The van der Waals surface area contributed by atoms with Crippen molar-refractivity contribution in [2.75, 3.05) is 5.32 Å². The number of pyridine rings is 1. The Balaban J connectivity index is 1.91. The normalized spacial score (nSPS) is 17.9. The lowest BCUT2D eigenvalue weighted by atomic mass is 10.0. The van der Waals surface area contributed by atoms with Gasteiger partial charge < -0.3 is 5.32 Å². The topological polar surface area (TPSA) is 24.9 Å². The highest BCUT2D eigenvalue weighted by molar-refractivity contribution is 5.58. The molecule has 0 fully saturated rings. The lowest BCUT2D eigenvalue weighted by Gasteiger charge is -2.10. The molecule has 2 aromatic rings. The minimum absolute atomic E-state index is 0.170. The van der Waals surface area contributed by atoms with E-state index in [0.717, 1.165) is 17.7 Å². The van der Waals surface area contributed by atoms with Crippen molar-refractivity contribution in [1.82, 2.24) is 4.98 Å². The average Bonchev–Trinajstić information content (AvgIpc) is 2.73. The molecule has 0 radical (unpaired) electrons. The Morgan fingerprint density at radius 1 is 1.19 bits per heavy atom. The summed E-state index contributed by atoms with van der Waals surface area (Å²) in [5.41, 5.74) is 3.26. The third-order valence-corrected chi connectivity index (χ3v) is 2.93. The number of aromatic nitrogens is 1. The molecule has 2 nitrogen and oxygen atoms in total. The number of rotatable bonds is 1. The van der Waals surface area contributed by atoms with Gasteiger partial charge in [-0.1, -0.05) is 0 Å². The predicted octanol–water partition coefficient (Wildman–Crippen LogP) is 2.93. The van der Waals surface area contributed by atoms with Crippen molar-refractivity contribution in [2.45, 2.75) is 12.5 Å². The minimum atomic E-state index is -0.170. The zero-order valence-electron chi connectivity index (χ0n) is 8.65. The van der Waals surface area contributed by atoms with Crippen molar-refractivity contribution in [3.8, 4) is 0 Å². The zero-order valence-corrected chi connectivity index (χ0v) is 8.65. The summed E-state index contributed by atoms with van der Waals surface area (Å²) >= 11 is 0. The molecule has 1 aliphatic rings. The molecule has 1 unspecified atom stereocenters. The molecule has 2 heterocycles. The van der Waals surface area contributed by atoms with Crippen LogP contribution < -0.4 is 5.32 Å². The first-order chi connectivity index (χ1) is 7.83. The molecule has 0 aliphatic carbocycles. The Hall–Kier alpha value is -1.90. The van der Waals surface area contributed by atoms with Crippen LogP contribution in [0.5, 0.6) is 0 Å². The van der Waals surface area contributed by atoms with Crippen molar-refractivity contribution in [3.63, 3.8) is 0 Å². The predicted molar refractivity (Wildman–Crippen MR) is 60.7 cm³/mol. The second-order valence-electron chi connectivity index (χ2n) is 3.98. The number of nitrogens with one attached hydrogen (secondary N) is 1. The monoisotopic (exact) mass is 214 g/mol. The van der Waals surface area contributed by atoms with E-state index in [1.807, 2.05) is 12.1 Å². The van der Waals surface area contributed by atoms with Gasteiger partial charge in [0.25, 0.3) is 0 Å². The van der Waals surface area contributed by atoms with E-state index in [9.17, 15) is 4.39 Å². The Kier molecular flexibility index (Phi) is 2.10. The van der Waals surface area contributed by atoms with Gasteiger partial charge in [-0.25, -0.2) is 4.39 Å². The SMILES string of the molecule is Fc1ccc2c(c1)CC(c1ccncc1)N2. The summed E-state index contributed by atoms with van der Waals surface area (Å²) in [5, 5.41) is 3.38. The van der Waals surface area contributed by atoms with Crippen LogP contribution in [0.2, 0.25) is 0 Å². The van der Waals surface area contributed by atoms with E-state index < -0.39 is 0 Å². The summed E-state index contributed by atoms with van der Waals surface area (Å²) in [6.45, 7) is 0. The fourth-order valence-corrected chi connectivity index (χ4v) is 2.13. The summed E-state index contributed by atoms with van der Waals surface area (Å²) in [7, 11) is 0. The highest BCUT2D eigenvalue weighted by atomic mass is 19.1. The summed E-state index contributed by atoms with van der Waals surface area (Å²) in [5.74, 6) is -0.170. The van der Waals surface area contributed by atoms with Crippen LogP contribution in [0.15, 0.2) is 42.7 Å². The summed E-state index contributed by atoms with van der Waals surface area (Å²) in [6.07, 6.45) is 4.39. The van der Waals surface area contributed by atoms with Crippen molar-refractivity contribution in [2.24, 2.45) is 0 Å². The molecule has 80 valence electrons. The molecule has 0 amide bonds. The standard InChI is InChI=1S/C13H11FN2/c14-11-1-2-12-10(7-11)8-13(16-12)9-3-5-15-6-4-9/h1-7,13,16H,8H2. The molecule has 1 aromatic carbocycles. The molecule has 0 saturated carbocycles. The third kappa shape index (κ3) is 1.54. The lowest BCUT2D eigenvalue weighted by Crippen LogP contribution is -2.05. The Morgan fingerprint density at radius 2 is 2.00 bits per heavy atom. The number of nitrogens with zero attached hydrogens (tertiary/aromatic N) is 1. The van der Waals surface area contributed by atoms with Crippen LogP contribution >= 0.6 is 0 Å². The summed E-state index contributed by atoms with van der Waals surface area (Å²) in [4.78, 5) is 3.99. The van der Waals surface area contributed by atoms with Gasteiger partial charge in [0.2, 0.25) is 0 Å². The summed E-state index contributed by atoms with van der Waals surface area (Å²) < 4.78 is 13.1. The fraction of sp³-hybridized carbons (Fsp3) is 0.154. The van der Waals surface area contributed by atoms with Crippen LogP contribution in [-0.4, -0.2) is 4.98 Å². The van der Waals surface area contributed by atoms with E-state index in [1.54, 1.807) is 24.5 Å². The summed E-state index contributed by atoms with van der Waals surface area (Å²) in [6, 6.07) is 9.09. The number of hydrogen-bond donors (Lipinski definition) is 1. The van der Waals surface area contributed by atoms with Crippen LogP contribution in [-0.2, 0) is 6.42 Å². The van der Waals surface area contributed by atoms with Gasteiger partial charge in [-0.2, -0.15) is 0 Å². The maximum absolute atomic E-state index is 13.1. The number of anilines is 1. The highest BCUT2D eigenvalue weighted by Gasteiger charge is 2.21. The lowest BCUT2D eigenvalue weighted by molar-refractivity contribution is 0.626. The highest BCUT2D eigenvalue weighted by Crippen LogP contribution is 2.34. The van der Waals surface area contributed by atoms with Crippen molar-refractivity contribution in [3.05, 3.63) is 59.7 Å². The van der Waals surface area contributed by atoms with Crippen LogP contribution in [0, 0.1) is 5.82 Å². The molecule has 0 saturated heterocycles. The molecule has 3 heteroatoms. The largest absolute Gasteiger partial charge is 0.378 e. The first-order valence-electron chi connectivity index (χ1n) is 5.28. The molecule has 3 rings (SSSR count). The second-order valence-corrected chi connectivity index (χ2v) is 3.98. The Bertz CT molecular complexity index is 511. The van der Waals surface area contributed by atoms with Gasteiger partial charge in [-0.15, -0.1) is 0 Å². The van der Waals surface area contributed by atoms with E-state index in [2.05, 4.69) is 10.3 Å². The maximum Gasteiger partial charge on any atom is 0.123 e. The molecule has 1 aliphatic heterocycles. The molecular weight excluding hydrogens is 203 g/mol. The first kappa shape index (κ1) is 9.33. The molecule has 16 heavy (non-hydrogen) atoms. The van der Waals surface area contributed by atoms with Crippen molar-refractivity contribution in [1.29, 1.82) is 0 Å². The maximum atomic E-state index is 13.1. The van der Waals surface area contributed by atoms with Gasteiger partial charge in [0, 0.05) is 18.1 Å². The smallest absolute Gasteiger partial charge is 0.123 e. The molecule has 1 aromatic heterocycles. The van der Waals surface area contributed by atoms with E-state index in [1.165, 1.54) is 11.6 Å². The van der Waals surface area contributed by atoms with Gasteiger partial charge in [0.05, 0.1) is 6.04 Å². The van der Waals surface area contributed by atoms with Gasteiger partial charge in [-0.3, -0.25) is 4.98 Å². The molecule has 1 atom stereocenters. The first-order valence-corrected chi connectivity index (χ1v) is 5.28. The van der Waals surface area contributed by atoms with Crippen LogP contribution in [0.1, 0.15) is 17.2 Å². The number of halogens is 1. The van der Waals surface area contributed by atoms with Gasteiger partial charge in [-0.05, 0) is 47.9 Å². The Labute approximate surface area is 93.1 Å². The third-order valence-electron chi connectivity index (χ3n) is 2.93. The number of benzene rings is 1. The average molecular weight is 214 g/mol. The van der Waals surface area contributed by atoms with Crippen molar-refractivity contribution < 1.29 is 4.39 Å². The van der Waals surface area contributed by atoms with Crippen LogP contribution in [0.4, 0.5) is 10.1 Å². The Morgan fingerprint density at radius 3 is 2.81 bits per heavy atom. The van der Waals surface area contributed by atoms with Gasteiger partial charge in [0.15, 0.2) is 0 Å². The van der Waals surface area contributed by atoms with E-state index >= 15 is 0 Å². The molecule has 0 bridgehead atoms. The van der Waals surface area contributed by atoms with Crippen molar-refractivity contribution >= 4 is 5.69 Å². The van der Waals surface area contributed by atoms with E-state index in [0.29, 0.717) is 0 Å². The fourth-order valence-electron chi connectivity index (χ4n) is 2.13. The quantitative estimate of drug-likeness (QED) is 0.789. The molecular formula is C13H11FN2. The van der Waals surface area contributed by atoms with Gasteiger partial charge >= 0.3 is 0 Å². The minimum Gasteiger partial charge on any atom is -0.378 e. The zero-order chi connectivity index (χ0) is 11.0.